The van der Waals surface area contributed by atoms with Crippen LogP contribution in [0.2, 0.25) is 0 Å². The van der Waals surface area contributed by atoms with Gasteiger partial charge >= 0.3 is 0 Å². The first-order valence-electron chi connectivity index (χ1n) is 7.26. The largest absolute Gasteiger partial charge is 0.353 e. The molecule has 112 valence electrons. The monoisotopic (exact) mass is 278 g/mol. The van der Waals surface area contributed by atoms with Crippen LogP contribution >= 0.6 is 0 Å². The maximum absolute atomic E-state index is 4.52. The van der Waals surface area contributed by atoms with Crippen molar-refractivity contribution in [1.29, 1.82) is 0 Å². The maximum Gasteiger partial charge on any atom is 0.147 e. The first-order chi connectivity index (χ1) is 9.69. The minimum Gasteiger partial charge on any atom is -0.353 e. The number of nitrogens with one attached hydrogen (secondary N) is 1. The molecule has 1 fully saturated rings. The van der Waals surface area contributed by atoms with Crippen LogP contribution < -0.4 is 10.2 Å². The van der Waals surface area contributed by atoms with Crippen molar-refractivity contribution in [2.75, 3.05) is 65.3 Å². The summed E-state index contributed by atoms with van der Waals surface area (Å²) < 4.78 is 0. The molecule has 0 unspecified atom stereocenters. The minimum absolute atomic E-state index is 0.769. The van der Waals surface area contributed by atoms with Gasteiger partial charge in [-0.1, -0.05) is 0 Å². The molecule has 6 nitrogen and oxygen atoms in total. The molecule has 1 aromatic heterocycles. The number of aromatic nitrogens is 2. The first kappa shape index (κ1) is 15.2. The van der Waals surface area contributed by atoms with Gasteiger partial charge in [-0.15, -0.1) is 0 Å². The molecule has 1 aliphatic heterocycles. The number of likely N-dealkylation sites (N-methyl/N-ethyl adjacent to an activating group) is 1. The molecule has 1 N–H and O–H groups in total. The smallest absolute Gasteiger partial charge is 0.147 e. The molecule has 0 bridgehead atoms. The van der Waals surface area contributed by atoms with E-state index in [1.54, 1.807) is 0 Å². The van der Waals surface area contributed by atoms with Crippen molar-refractivity contribution in [1.82, 2.24) is 25.1 Å². The van der Waals surface area contributed by atoms with E-state index in [0.29, 0.717) is 0 Å². The summed E-state index contributed by atoms with van der Waals surface area (Å²) >= 11 is 0. The summed E-state index contributed by atoms with van der Waals surface area (Å²) in [5.74, 6) is 0.997. The molecule has 2 rings (SSSR count). The van der Waals surface area contributed by atoms with Crippen LogP contribution in [-0.4, -0.2) is 80.2 Å². The van der Waals surface area contributed by atoms with Crippen LogP contribution in [0.3, 0.4) is 0 Å². The van der Waals surface area contributed by atoms with Gasteiger partial charge in [-0.2, -0.15) is 0 Å². The normalized spacial score (nSPS) is 16.9. The second-order valence-corrected chi connectivity index (χ2v) is 5.53. The Morgan fingerprint density at radius 1 is 1.15 bits per heavy atom. The molecule has 1 aromatic rings. The number of hydrogen-bond acceptors (Lipinski definition) is 6. The number of piperazine rings is 1. The second kappa shape index (κ2) is 7.52. The molecule has 1 aliphatic rings. The zero-order chi connectivity index (χ0) is 14.4. The third kappa shape index (κ3) is 4.40. The lowest BCUT2D eigenvalue weighted by molar-refractivity contribution is 0.229. The van der Waals surface area contributed by atoms with Gasteiger partial charge in [0.05, 0.1) is 18.1 Å². The minimum atomic E-state index is 0.769. The number of rotatable bonds is 6. The SMILES string of the molecule is CNCc1cnc(N2CCN(CCN(C)C)CC2)cn1. The molecule has 6 heteroatoms. The predicted molar refractivity (Wildman–Crippen MR) is 82.0 cm³/mol. The standard InChI is InChI=1S/C14H26N6/c1-15-10-13-11-17-14(12-16-13)20-8-6-19(7-9-20)5-4-18(2)3/h11-12,15H,4-10H2,1-3H3. The van der Waals surface area contributed by atoms with Crippen LogP contribution in [0.25, 0.3) is 0 Å². The fraction of sp³-hybridized carbons (Fsp3) is 0.714. The molecule has 0 radical (unpaired) electrons. The molecule has 20 heavy (non-hydrogen) atoms. The molecule has 0 saturated carbocycles. The molecular weight excluding hydrogens is 252 g/mol. The Morgan fingerprint density at radius 3 is 2.45 bits per heavy atom. The van der Waals surface area contributed by atoms with Crippen molar-refractivity contribution in [3.63, 3.8) is 0 Å². The van der Waals surface area contributed by atoms with E-state index in [9.17, 15) is 0 Å². The lowest BCUT2D eigenvalue weighted by Crippen LogP contribution is -2.48. The first-order valence-corrected chi connectivity index (χ1v) is 7.26. The van der Waals surface area contributed by atoms with Crippen molar-refractivity contribution in [2.24, 2.45) is 0 Å². The zero-order valence-corrected chi connectivity index (χ0v) is 12.8. The van der Waals surface area contributed by atoms with Crippen molar-refractivity contribution in [3.05, 3.63) is 18.1 Å². The summed E-state index contributed by atoms with van der Waals surface area (Å²) in [6, 6.07) is 0. The van der Waals surface area contributed by atoms with E-state index >= 15 is 0 Å². The van der Waals surface area contributed by atoms with Gasteiger partial charge in [-0.3, -0.25) is 9.88 Å². The van der Waals surface area contributed by atoms with Crippen molar-refractivity contribution in [2.45, 2.75) is 6.54 Å². The zero-order valence-electron chi connectivity index (χ0n) is 12.8. The highest BCUT2D eigenvalue weighted by Crippen LogP contribution is 2.12. The summed E-state index contributed by atoms with van der Waals surface area (Å²) in [5.41, 5.74) is 0.987. The van der Waals surface area contributed by atoms with E-state index in [-0.39, 0.29) is 0 Å². The maximum atomic E-state index is 4.52. The summed E-state index contributed by atoms with van der Waals surface area (Å²) in [6.45, 7) is 7.32. The van der Waals surface area contributed by atoms with Gasteiger partial charge in [-0.05, 0) is 21.1 Å². The van der Waals surface area contributed by atoms with Crippen LogP contribution in [0.4, 0.5) is 5.82 Å². The van der Waals surface area contributed by atoms with E-state index in [0.717, 1.165) is 57.3 Å². The average Bonchev–Trinajstić information content (AvgIpc) is 2.47. The van der Waals surface area contributed by atoms with Gasteiger partial charge < -0.3 is 15.1 Å². The number of nitrogens with zero attached hydrogens (tertiary/aromatic N) is 5. The molecule has 1 saturated heterocycles. The lowest BCUT2D eigenvalue weighted by Gasteiger charge is -2.35. The quantitative estimate of drug-likeness (QED) is 0.783. The summed E-state index contributed by atoms with van der Waals surface area (Å²) in [7, 11) is 6.17. The van der Waals surface area contributed by atoms with Crippen LogP contribution in [-0.2, 0) is 6.54 Å². The van der Waals surface area contributed by atoms with Crippen molar-refractivity contribution >= 4 is 5.82 Å². The van der Waals surface area contributed by atoms with E-state index in [1.165, 1.54) is 0 Å². The molecule has 2 heterocycles. The topological polar surface area (TPSA) is 47.5 Å². The summed E-state index contributed by atoms with van der Waals surface area (Å²) in [6.07, 6.45) is 3.76. The van der Waals surface area contributed by atoms with Gasteiger partial charge in [-0.25, -0.2) is 4.98 Å². The fourth-order valence-electron chi connectivity index (χ4n) is 2.33. The van der Waals surface area contributed by atoms with E-state index in [1.807, 2.05) is 19.4 Å². The highest BCUT2D eigenvalue weighted by Gasteiger charge is 2.17. The van der Waals surface area contributed by atoms with Gasteiger partial charge in [0.2, 0.25) is 0 Å². The molecule has 0 amide bonds. The molecule has 0 aromatic carbocycles. The fourth-order valence-corrected chi connectivity index (χ4v) is 2.33. The summed E-state index contributed by atoms with van der Waals surface area (Å²) in [4.78, 5) is 16.0. The van der Waals surface area contributed by atoms with E-state index in [4.69, 9.17) is 0 Å². The number of anilines is 1. The molecule has 0 atom stereocenters. The molecular formula is C14H26N6. The van der Waals surface area contributed by atoms with Crippen LogP contribution in [0.15, 0.2) is 12.4 Å². The Morgan fingerprint density at radius 2 is 1.90 bits per heavy atom. The Hall–Kier alpha value is -1.24. The summed E-state index contributed by atoms with van der Waals surface area (Å²) in [5, 5.41) is 3.09. The molecule has 0 aliphatic carbocycles. The second-order valence-electron chi connectivity index (χ2n) is 5.53. The average molecular weight is 278 g/mol. The van der Waals surface area contributed by atoms with Crippen molar-refractivity contribution in [3.8, 4) is 0 Å². The van der Waals surface area contributed by atoms with E-state index < -0.39 is 0 Å². The van der Waals surface area contributed by atoms with Crippen LogP contribution in [0.5, 0.6) is 0 Å². The van der Waals surface area contributed by atoms with Gasteiger partial charge in [0.25, 0.3) is 0 Å². The van der Waals surface area contributed by atoms with Crippen molar-refractivity contribution < 1.29 is 0 Å². The Bertz CT molecular complexity index is 383. The lowest BCUT2D eigenvalue weighted by atomic mass is 10.3. The van der Waals surface area contributed by atoms with Crippen LogP contribution in [0.1, 0.15) is 5.69 Å². The van der Waals surface area contributed by atoms with Gasteiger partial charge in [0.1, 0.15) is 5.82 Å². The molecule has 0 spiro atoms. The van der Waals surface area contributed by atoms with Gasteiger partial charge in [0, 0.05) is 45.8 Å². The van der Waals surface area contributed by atoms with Crippen LogP contribution in [0, 0.1) is 0 Å². The predicted octanol–water partition coefficient (Wildman–Crippen LogP) is -0.120. The number of hydrogen-bond donors (Lipinski definition) is 1. The highest BCUT2D eigenvalue weighted by atomic mass is 15.3. The van der Waals surface area contributed by atoms with Gasteiger partial charge in [0.15, 0.2) is 0 Å². The Kier molecular flexibility index (Phi) is 5.70. The van der Waals surface area contributed by atoms with E-state index in [2.05, 4.69) is 44.1 Å². The third-order valence-corrected chi connectivity index (χ3v) is 3.61. The Balaban J connectivity index is 1.81. The Labute approximate surface area is 121 Å². The highest BCUT2D eigenvalue weighted by molar-refractivity contribution is 5.36. The third-order valence-electron chi connectivity index (χ3n) is 3.61.